The molecule has 2 aliphatic heterocycles. The van der Waals surface area contributed by atoms with Gasteiger partial charge in [-0.15, -0.1) is 0 Å². The molecule has 2 fully saturated rings. The highest BCUT2D eigenvalue weighted by Gasteiger charge is 2.28. The van der Waals surface area contributed by atoms with Crippen LogP contribution in [0, 0.1) is 5.92 Å². The molecule has 3 rings (SSSR count). The zero-order valence-electron chi connectivity index (χ0n) is 18.3. The number of aryl methyl sites for hydroxylation is 1. The SMILES string of the molecule is CCOc1ccc(CCC2CCN(CC(=O)N3CCN(S(C)(=O)=O)CC3)CC2)cc1. The number of carbonyl (C=O) groups excluding carboxylic acids is 1. The van der Waals surface area contributed by atoms with Gasteiger partial charge in [0.2, 0.25) is 15.9 Å². The van der Waals surface area contributed by atoms with Gasteiger partial charge in [-0.25, -0.2) is 8.42 Å². The number of piperazine rings is 1. The molecule has 8 heteroatoms. The van der Waals surface area contributed by atoms with Crippen LogP contribution in [0.2, 0.25) is 0 Å². The van der Waals surface area contributed by atoms with Crippen LogP contribution in [-0.4, -0.2) is 87.1 Å². The molecule has 1 aromatic rings. The number of amides is 1. The van der Waals surface area contributed by atoms with Crippen molar-refractivity contribution in [3.63, 3.8) is 0 Å². The van der Waals surface area contributed by atoms with Crippen molar-refractivity contribution >= 4 is 15.9 Å². The summed E-state index contributed by atoms with van der Waals surface area (Å²) in [5, 5.41) is 0. The molecule has 0 unspecified atom stereocenters. The van der Waals surface area contributed by atoms with Crippen molar-refractivity contribution in [3.8, 4) is 5.75 Å². The van der Waals surface area contributed by atoms with Crippen molar-refractivity contribution in [3.05, 3.63) is 29.8 Å². The number of sulfonamides is 1. The van der Waals surface area contributed by atoms with Gasteiger partial charge in [-0.2, -0.15) is 4.31 Å². The molecule has 0 atom stereocenters. The van der Waals surface area contributed by atoms with Crippen LogP contribution in [0.25, 0.3) is 0 Å². The zero-order chi connectivity index (χ0) is 21.6. The monoisotopic (exact) mass is 437 g/mol. The van der Waals surface area contributed by atoms with Crippen molar-refractivity contribution < 1.29 is 17.9 Å². The van der Waals surface area contributed by atoms with E-state index >= 15 is 0 Å². The van der Waals surface area contributed by atoms with Gasteiger partial charge in [-0.05, 0) is 69.3 Å². The fourth-order valence-electron chi connectivity index (χ4n) is 4.28. The summed E-state index contributed by atoms with van der Waals surface area (Å²) in [7, 11) is -3.16. The van der Waals surface area contributed by atoms with Crippen LogP contribution in [0.5, 0.6) is 5.75 Å². The summed E-state index contributed by atoms with van der Waals surface area (Å²) in [6.45, 7) is 6.84. The van der Waals surface area contributed by atoms with Gasteiger partial charge < -0.3 is 9.64 Å². The predicted molar refractivity (Wildman–Crippen MR) is 118 cm³/mol. The van der Waals surface area contributed by atoms with E-state index in [4.69, 9.17) is 4.74 Å². The first-order valence-corrected chi connectivity index (χ1v) is 12.9. The van der Waals surface area contributed by atoms with Gasteiger partial charge in [0.15, 0.2) is 0 Å². The third-order valence-electron chi connectivity index (χ3n) is 6.20. The molecule has 2 aliphatic rings. The van der Waals surface area contributed by atoms with Crippen LogP contribution in [-0.2, 0) is 21.2 Å². The molecule has 1 amide bonds. The fourth-order valence-corrected chi connectivity index (χ4v) is 5.11. The zero-order valence-corrected chi connectivity index (χ0v) is 19.1. The van der Waals surface area contributed by atoms with Crippen LogP contribution >= 0.6 is 0 Å². The molecule has 30 heavy (non-hydrogen) atoms. The van der Waals surface area contributed by atoms with E-state index < -0.39 is 10.0 Å². The number of hydrogen-bond acceptors (Lipinski definition) is 5. The molecule has 0 radical (unpaired) electrons. The van der Waals surface area contributed by atoms with Crippen molar-refractivity contribution in [1.82, 2.24) is 14.1 Å². The van der Waals surface area contributed by atoms with Gasteiger partial charge in [0.1, 0.15) is 5.75 Å². The first-order chi connectivity index (χ1) is 14.3. The molecule has 1 aromatic carbocycles. The molecule has 0 spiro atoms. The van der Waals surface area contributed by atoms with Crippen LogP contribution < -0.4 is 4.74 Å². The Labute approximate surface area is 181 Å². The molecule has 0 saturated carbocycles. The predicted octanol–water partition coefficient (Wildman–Crippen LogP) is 1.83. The summed E-state index contributed by atoms with van der Waals surface area (Å²) in [6.07, 6.45) is 5.76. The number of benzene rings is 1. The summed E-state index contributed by atoms with van der Waals surface area (Å²) in [5.41, 5.74) is 1.35. The van der Waals surface area contributed by atoms with Gasteiger partial charge in [-0.3, -0.25) is 9.69 Å². The van der Waals surface area contributed by atoms with E-state index in [1.165, 1.54) is 22.5 Å². The Morgan fingerprint density at radius 3 is 2.23 bits per heavy atom. The molecule has 0 aromatic heterocycles. The van der Waals surface area contributed by atoms with E-state index in [1.807, 2.05) is 19.1 Å². The van der Waals surface area contributed by atoms with Crippen LogP contribution in [0.3, 0.4) is 0 Å². The summed E-state index contributed by atoms with van der Waals surface area (Å²) in [6, 6.07) is 8.40. The number of nitrogens with zero attached hydrogens (tertiary/aromatic N) is 3. The Bertz CT molecular complexity index is 781. The summed E-state index contributed by atoms with van der Waals surface area (Å²) in [5.74, 6) is 1.76. The number of likely N-dealkylation sites (tertiary alicyclic amines) is 1. The highest BCUT2D eigenvalue weighted by molar-refractivity contribution is 7.88. The normalized spacial score (nSPS) is 19.7. The summed E-state index contributed by atoms with van der Waals surface area (Å²) >= 11 is 0. The van der Waals surface area contributed by atoms with Gasteiger partial charge in [0.25, 0.3) is 0 Å². The van der Waals surface area contributed by atoms with E-state index in [1.54, 1.807) is 4.90 Å². The van der Waals surface area contributed by atoms with Crippen LogP contribution in [0.4, 0.5) is 0 Å². The van der Waals surface area contributed by atoms with Crippen LogP contribution in [0.15, 0.2) is 24.3 Å². The first kappa shape index (κ1) is 23.0. The highest BCUT2D eigenvalue weighted by Crippen LogP contribution is 2.23. The highest BCUT2D eigenvalue weighted by atomic mass is 32.2. The third-order valence-corrected chi connectivity index (χ3v) is 7.51. The Hall–Kier alpha value is -1.64. The molecule has 0 bridgehead atoms. The topological polar surface area (TPSA) is 70.2 Å². The first-order valence-electron chi connectivity index (χ1n) is 11.0. The minimum absolute atomic E-state index is 0.121. The van der Waals surface area contributed by atoms with E-state index in [-0.39, 0.29) is 5.91 Å². The molecular weight excluding hydrogens is 402 g/mol. The lowest BCUT2D eigenvalue weighted by atomic mass is 9.90. The fraction of sp³-hybridized carbons (Fsp3) is 0.682. The molecule has 0 aliphatic carbocycles. The molecule has 168 valence electrons. The van der Waals surface area contributed by atoms with Crippen molar-refractivity contribution in [1.29, 1.82) is 0 Å². The largest absolute Gasteiger partial charge is 0.494 e. The van der Waals surface area contributed by atoms with Crippen molar-refractivity contribution in [2.24, 2.45) is 5.92 Å². The molecule has 2 heterocycles. The Morgan fingerprint density at radius 2 is 1.67 bits per heavy atom. The number of carbonyl (C=O) groups is 1. The van der Waals surface area contributed by atoms with Crippen LogP contribution in [0.1, 0.15) is 31.7 Å². The lowest BCUT2D eigenvalue weighted by Gasteiger charge is -2.36. The lowest BCUT2D eigenvalue weighted by molar-refractivity contribution is -0.134. The second-order valence-electron chi connectivity index (χ2n) is 8.38. The average molecular weight is 438 g/mol. The molecule has 2 saturated heterocycles. The average Bonchev–Trinajstić information content (AvgIpc) is 2.74. The number of piperidine rings is 1. The second kappa shape index (κ2) is 10.6. The molecular formula is C22H35N3O4S. The van der Waals surface area contributed by atoms with Gasteiger partial charge in [-0.1, -0.05) is 12.1 Å². The van der Waals surface area contributed by atoms with Gasteiger partial charge in [0, 0.05) is 26.2 Å². The third kappa shape index (κ3) is 6.68. The summed E-state index contributed by atoms with van der Waals surface area (Å²) < 4.78 is 30.2. The molecule has 0 N–H and O–H groups in total. The standard InChI is InChI=1S/C22H35N3O4S/c1-3-29-21-8-6-19(7-9-21)4-5-20-10-12-23(13-11-20)18-22(26)24-14-16-25(17-15-24)30(2,27)28/h6-9,20H,3-5,10-18H2,1-2H3. The van der Waals surface area contributed by atoms with E-state index in [0.29, 0.717) is 45.2 Å². The number of hydrogen-bond donors (Lipinski definition) is 0. The number of rotatable bonds is 8. The van der Waals surface area contributed by atoms with Crippen molar-refractivity contribution in [2.75, 3.05) is 58.7 Å². The van der Waals surface area contributed by atoms with E-state index in [2.05, 4.69) is 17.0 Å². The minimum Gasteiger partial charge on any atom is -0.494 e. The van der Waals surface area contributed by atoms with Gasteiger partial charge >= 0.3 is 0 Å². The summed E-state index contributed by atoms with van der Waals surface area (Å²) in [4.78, 5) is 16.6. The molecule has 7 nitrogen and oxygen atoms in total. The maximum absolute atomic E-state index is 12.6. The Morgan fingerprint density at radius 1 is 1.03 bits per heavy atom. The minimum atomic E-state index is -3.16. The second-order valence-corrected chi connectivity index (χ2v) is 10.4. The quantitative estimate of drug-likeness (QED) is 0.621. The van der Waals surface area contributed by atoms with Gasteiger partial charge in [0.05, 0.1) is 19.4 Å². The Balaban J connectivity index is 1.35. The Kier molecular flexibility index (Phi) is 8.13. The maximum atomic E-state index is 12.6. The van der Waals surface area contributed by atoms with E-state index in [9.17, 15) is 13.2 Å². The lowest BCUT2D eigenvalue weighted by Crippen LogP contribution is -2.52. The van der Waals surface area contributed by atoms with E-state index in [0.717, 1.165) is 38.1 Å². The van der Waals surface area contributed by atoms with Crippen molar-refractivity contribution in [2.45, 2.75) is 32.6 Å². The number of ether oxygens (including phenoxy) is 1. The maximum Gasteiger partial charge on any atom is 0.236 e. The smallest absolute Gasteiger partial charge is 0.236 e.